The van der Waals surface area contributed by atoms with Gasteiger partial charge in [-0.3, -0.25) is 4.79 Å². The summed E-state index contributed by atoms with van der Waals surface area (Å²) in [5, 5.41) is 5.84. The Morgan fingerprint density at radius 2 is 1.86 bits per heavy atom. The molecule has 0 saturated heterocycles. The van der Waals surface area contributed by atoms with Crippen LogP contribution in [0.25, 0.3) is 0 Å². The molecule has 0 spiro atoms. The summed E-state index contributed by atoms with van der Waals surface area (Å²) in [4.78, 5) is 16.6. The predicted octanol–water partition coefficient (Wildman–Crippen LogP) is 3.16. The monoisotopic (exact) mass is 285 g/mol. The zero-order valence-corrected chi connectivity index (χ0v) is 12.4. The number of anilines is 2. The van der Waals surface area contributed by atoms with Gasteiger partial charge in [0.05, 0.1) is 11.7 Å². The third kappa shape index (κ3) is 3.72. The SMILES string of the molecule is CNc1ccccc1C(=O)Nc1cccnc1OC(C)C. The van der Waals surface area contributed by atoms with Crippen LogP contribution in [-0.2, 0) is 0 Å². The zero-order chi connectivity index (χ0) is 15.2. The summed E-state index contributed by atoms with van der Waals surface area (Å²) in [7, 11) is 1.78. The van der Waals surface area contributed by atoms with Gasteiger partial charge in [0.2, 0.25) is 5.88 Å². The number of ether oxygens (including phenoxy) is 1. The number of benzene rings is 1. The average molecular weight is 285 g/mol. The first-order valence-electron chi connectivity index (χ1n) is 6.81. The molecule has 0 aliphatic rings. The molecule has 5 heteroatoms. The van der Waals surface area contributed by atoms with Crippen LogP contribution in [0.3, 0.4) is 0 Å². The highest BCUT2D eigenvalue weighted by molar-refractivity contribution is 6.08. The van der Waals surface area contributed by atoms with Crippen LogP contribution in [0.15, 0.2) is 42.6 Å². The van der Waals surface area contributed by atoms with Gasteiger partial charge in [-0.1, -0.05) is 12.1 Å². The van der Waals surface area contributed by atoms with E-state index in [-0.39, 0.29) is 12.0 Å². The third-order valence-electron chi connectivity index (χ3n) is 2.81. The Morgan fingerprint density at radius 1 is 1.14 bits per heavy atom. The first-order chi connectivity index (χ1) is 10.1. The largest absolute Gasteiger partial charge is 0.473 e. The quantitative estimate of drug-likeness (QED) is 0.885. The number of carbonyl (C=O) groups is 1. The molecule has 0 atom stereocenters. The molecule has 1 heterocycles. The first-order valence-corrected chi connectivity index (χ1v) is 6.81. The average Bonchev–Trinajstić information content (AvgIpc) is 2.48. The maximum Gasteiger partial charge on any atom is 0.257 e. The van der Waals surface area contributed by atoms with Crippen molar-refractivity contribution in [1.82, 2.24) is 4.98 Å². The summed E-state index contributed by atoms with van der Waals surface area (Å²) in [5.74, 6) is 0.212. The lowest BCUT2D eigenvalue weighted by molar-refractivity contribution is 0.102. The maximum atomic E-state index is 12.4. The Labute approximate surface area is 124 Å². The number of rotatable bonds is 5. The maximum absolute atomic E-state index is 12.4. The van der Waals surface area contributed by atoms with E-state index in [1.165, 1.54) is 0 Å². The van der Waals surface area contributed by atoms with Gasteiger partial charge in [0.25, 0.3) is 5.91 Å². The summed E-state index contributed by atoms with van der Waals surface area (Å²) in [6, 6.07) is 10.8. The minimum absolute atomic E-state index is 0.0138. The Bertz CT molecular complexity index is 626. The van der Waals surface area contributed by atoms with Crippen molar-refractivity contribution in [1.29, 1.82) is 0 Å². The van der Waals surface area contributed by atoms with Crippen LogP contribution in [0.1, 0.15) is 24.2 Å². The van der Waals surface area contributed by atoms with Gasteiger partial charge >= 0.3 is 0 Å². The zero-order valence-electron chi connectivity index (χ0n) is 12.4. The van der Waals surface area contributed by atoms with Crippen LogP contribution in [0.5, 0.6) is 5.88 Å². The number of para-hydroxylation sites is 1. The Kier molecular flexibility index (Phi) is 4.77. The fraction of sp³-hybridized carbons (Fsp3) is 0.250. The van der Waals surface area contributed by atoms with E-state index in [4.69, 9.17) is 4.74 Å². The molecule has 2 N–H and O–H groups in total. The van der Waals surface area contributed by atoms with Crippen LogP contribution in [0, 0.1) is 0 Å². The number of hydrogen-bond acceptors (Lipinski definition) is 4. The molecule has 1 aromatic carbocycles. The lowest BCUT2D eigenvalue weighted by atomic mass is 10.1. The molecule has 0 saturated carbocycles. The Morgan fingerprint density at radius 3 is 2.57 bits per heavy atom. The molecule has 2 rings (SSSR count). The smallest absolute Gasteiger partial charge is 0.257 e. The summed E-state index contributed by atoms with van der Waals surface area (Å²) in [5.41, 5.74) is 1.90. The fourth-order valence-electron chi connectivity index (χ4n) is 1.89. The lowest BCUT2D eigenvalue weighted by Gasteiger charge is -2.14. The standard InChI is InChI=1S/C16H19N3O2/c1-11(2)21-16-14(9-6-10-18-16)19-15(20)12-7-4-5-8-13(12)17-3/h4-11,17H,1-3H3,(H,19,20). The molecule has 1 amide bonds. The van der Waals surface area contributed by atoms with Gasteiger partial charge < -0.3 is 15.4 Å². The molecule has 0 bridgehead atoms. The summed E-state index contributed by atoms with van der Waals surface area (Å²) in [6.07, 6.45) is 1.62. The number of aromatic nitrogens is 1. The number of nitrogens with zero attached hydrogens (tertiary/aromatic N) is 1. The van der Waals surface area contributed by atoms with E-state index >= 15 is 0 Å². The molecule has 21 heavy (non-hydrogen) atoms. The van der Waals surface area contributed by atoms with E-state index < -0.39 is 0 Å². The van der Waals surface area contributed by atoms with Crippen LogP contribution >= 0.6 is 0 Å². The molecule has 5 nitrogen and oxygen atoms in total. The van der Waals surface area contributed by atoms with E-state index in [0.717, 1.165) is 5.69 Å². The number of hydrogen-bond donors (Lipinski definition) is 2. The molecular weight excluding hydrogens is 266 g/mol. The van der Waals surface area contributed by atoms with Crippen LogP contribution in [-0.4, -0.2) is 24.0 Å². The van der Waals surface area contributed by atoms with E-state index in [2.05, 4.69) is 15.6 Å². The van der Waals surface area contributed by atoms with E-state index in [9.17, 15) is 4.79 Å². The summed E-state index contributed by atoms with van der Waals surface area (Å²) < 4.78 is 5.60. The van der Waals surface area contributed by atoms with Gasteiger partial charge in [-0.25, -0.2) is 4.98 Å². The predicted molar refractivity (Wildman–Crippen MR) is 83.9 cm³/mol. The van der Waals surface area contributed by atoms with Gasteiger partial charge in [-0.2, -0.15) is 0 Å². The van der Waals surface area contributed by atoms with Crippen LogP contribution in [0.4, 0.5) is 11.4 Å². The number of nitrogens with one attached hydrogen (secondary N) is 2. The van der Waals surface area contributed by atoms with Gasteiger partial charge in [0, 0.05) is 18.9 Å². The number of amides is 1. The Hall–Kier alpha value is -2.56. The van der Waals surface area contributed by atoms with Crippen molar-refractivity contribution in [2.75, 3.05) is 17.7 Å². The third-order valence-corrected chi connectivity index (χ3v) is 2.81. The first kappa shape index (κ1) is 14.8. The molecule has 0 fully saturated rings. The van der Waals surface area contributed by atoms with Crippen molar-refractivity contribution in [3.63, 3.8) is 0 Å². The Balaban J connectivity index is 2.24. The van der Waals surface area contributed by atoms with Gasteiger partial charge in [-0.15, -0.1) is 0 Å². The minimum atomic E-state index is -0.207. The van der Waals surface area contributed by atoms with Crippen molar-refractivity contribution in [3.8, 4) is 5.88 Å². The van der Waals surface area contributed by atoms with E-state index in [1.54, 1.807) is 31.4 Å². The van der Waals surface area contributed by atoms with Gasteiger partial charge in [0.15, 0.2) is 0 Å². The number of carbonyl (C=O) groups excluding carboxylic acids is 1. The van der Waals surface area contributed by atoms with Crippen molar-refractivity contribution in [2.24, 2.45) is 0 Å². The van der Waals surface area contributed by atoms with Gasteiger partial charge in [0.1, 0.15) is 5.69 Å². The summed E-state index contributed by atoms with van der Waals surface area (Å²) in [6.45, 7) is 3.83. The fourth-order valence-corrected chi connectivity index (χ4v) is 1.89. The highest BCUT2D eigenvalue weighted by atomic mass is 16.5. The molecule has 0 radical (unpaired) electrons. The van der Waals surface area contributed by atoms with E-state index in [0.29, 0.717) is 17.1 Å². The molecule has 1 aromatic heterocycles. The summed E-state index contributed by atoms with van der Waals surface area (Å²) >= 11 is 0. The lowest BCUT2D eigenvalue weighted by Crippen LogP contribution is -2.16. The highest BCUT2D eigenvalue weighted by Crippen LogP contribution is 2.23. The second-order valence-electron chi connectivity index (χ2n) is 4.77. The topological polar surface area (TPSA) is 63.2 Å². The second kappa shape index (κ2) is 6.74. The normalized spacial score (nSPS) is 10.3. The highest BCUT2D eigenvalue weighted by Gasteiger charge is 2.14. The molecule has 0 aliphatic heterocycles. The van der Waals surface area contributed by atoms with Crippen molar-refractivity contribution in [2.45, 2.75) is 20.0 Å². The van der Waals surface area contributed by atoms with Gasteiger partial charge in [-0.05, 0) is 38.1 Å². The molecule has 0 aliphatic carbocycles. The van der Waals surface area contributed by atoms with E-state index in [1.807, 2.05) is 32.0 Å². The van der Waals surface area contributed by atoms with Crippen molar-refractivity contribution in [3.05, 3.63) is 48.2 Å². The van der Waals surface area contributed by atoms with Crippen molar-refractivity contribution >= 4 is 17.3 Å². The van der Waals surface area contributed by atoms with Crippen molar-refractivity contribution < 1.29 is 9.53 Å². The number of pyridine rings is 1. The minimum Gasteiger partial charge on any atom is -0.473 e. The molecule has 2 aromatic rings. The molecular formula is C16H19N3O2. The van der Waals surface area contributed by atoms with Crippen LogP contribution < -0.4 is 15.4 Å². The molecule has 110 valence electrons. The molecule has 0 unspecified atom stereocenters. The second-order valence-corrected chi connectivity index (χ2v) is 4.77. The van der Waals surface area contributed by atoms with Crippen LogP contribution in [0.2, 0.25) is 0 Å².